The Bertz CT molecular complexity index is 2100. The molecule has 5 aliphatic heterocycles. The molecule has 2 N–H and O–H groups in total. The van der Waals surface area contributed by atoms with Gasteiger partial charge in [-0.25, -0.2) is 0 Å². The van der Waals surface area contributed by atoms with Gasteiger partial charge in [0.05, 0.1) is 54.2 Å². The molecule has 2 amide bonds. The molecule has 1 unspecified atom stereocenters. The number of nitriles is 1. The number of nitrogens with zero attached hydrogens (tertiary/aromatic N) is 4. The van der Waals surface area contributed by atoms with Crippen molar-refractivity contribution in [2.24, 2.45) is 0 Å². The van der Waals surface area contributed by atoms with Crippen molar-refractivity contribution >= 4 is 23.5 Å². The van der Waals surface area contributed by atoms with Crippen LogP contribution in [-0.2, 0) is 17.6 Å². The average Bonchev–Trinajstić information content (AvgIpc) is 3.66. The van der Waals surface area contributed by atoms with Crippen molar-refractivity contribution in [2.75, 3.05) is 27.5 Å². The van der Waals surface area contributed by atoms with Gasteiger partial charge in [-0.2, -0.15) is 5.26 Å². The van der Waals surface area contributed by atoms with Crippen LogP contribution >= 0.6 is 0 Å². The molecule has 2 bridgehead atoms. The van der Waals surface area contributed by atoms with Gasteiger partial charge in [-0.3, -0.25) is 19.3 Å². The van der Waals surface area contributed by atoms with Crippen LogP contribution in [0.15, 0.2) is 30.0 Å². The lowest BCUT2D eigenvalue weighted by Gasteiger charge is -2.55. The Morgan fingerprint density at radius 2 is 1.69 bits per heavy atom. The number of fused-ring (bicyclic) bond motifs is 9. The van der Waals surface area contributed by atoms with E-state index in [2.05, 4.69) is 6.07 Å². The molecule has 0 aliphatic carbocycles. The van der Waals surface area contributed by atoms with Gasteiger partial charge in [-0.1, -0.05) is 12.1 Å². The molecule has 0 aromatic heterocycles. The molecule has 0 saturated heterocycles. The van der Waals surface area contributed by atoms with Gasteiger partial charge in [0.25, 0.3) is 11.8 Å². The number of likely N-dealkylation sites (N-methyl/N-ethyl adjacent to an activating group) is 1. The zero-order valence-electron chi connectivity index (χ0n) is 27.4. The zero-order valence-corrected chi connectivity index (χ0v) is 27.4. The zero-order chi connectivity index (χ0) is 34.6. The molecule has 3 aromatic rings. The molecule has 13 nitrogen and oxygen atoms in total. The standard InChI is InChI=1S/C36H32N4O9/c1-15-29(42)20-10-22-24(12-37)40-23(28(38(22)4)27(20)30(43)32(15)46-5)11-21-26(34-33(47-14-48-34)16(2)31(21)49-17(3)41)25(40)13-39-35(44)18-8-6-7-9-19(18)36(39)45/h6-9,22,24-25,42-43H,10-11,13-14H2,1-5H3/t22-,24?,25-/m0/s1. The van der Waals surface area contributed by atoms with E-state index in [0.717, 1.165) is 0 Å². The van der Waals surface area contributed by atoms with Crippen molar-refractivity contribution in [3.63, 3.8) is 0 Å². The topological polar surface area (TPSA) is 162 Å². The van der Waals surface area contributed by atoms with Crippen LogP contribution in [0.25, 0.3) is 5.70 Å². The first-order valence-corrected chi connectivity index (χ1v) is 15.8. The van der Waals surface area contributed by atoms with Gasteiger partial charge in [0.2, 0.25) is 6.79 Å². The van der Waals surface area contributed by atoms with E-state index < -0.39 is 35.9 Å². The minimum absolute atomic E-state index is 0.0374. The number of carbonyl (C=O) groups is 3. The number of aromatic hydroxyl groups is 2. The molecular formula is C36H32N4O9. The van der Waals surface area contributed by atoms with Gasteiger partial charge in [0.15, 0.2) is 23.0 Å². The first-order valence-electron chi connectivity index (χ1n) is 15.8. The molecule has 5 aliphatic rings. The number of ether oxygens (including phenoxy) is 4. The Morgan fingerprint density at radius 3 is 2.33 bits per heavy atom. The second kappa shape index (κ2) is 10.6. The molecule has 0 fully saturated rings. The Kier molecular flexibility index (Phi) is 6.55. The lowest BCUT2D eigenvalue weighted by Crippen LogP contribution is -2.60. The second-order valence-corrected chi connectivity index (χ2v) is 12.8. The molecule has 250 valence electrons. The molecule has 8 rings (SSSR count). The quantitative estimate of drug-likeness (QED) is 0.180. The fraction of sp³-hybridized carbons (Fsp3) is 0.333. The number of amides is 2. The molecule has 49 heavy (non-hydrogen) atoms. The number of imide groups is 1. The summed E-state index contributed by atoms with van der Waals surface area (Å²) in [5, 5.41) is 34.0. The van der Waals surface area contributed by atoms with Crippen LogP contribution in [-0.4, -0.2) is 82.3 Å². The summed E-state index contributed by atoms with van der Waals surface area (Å²) < 4.78 is 23.3. The Labute approximate surface area is 281 Å². The highest BCUT2D eigenvalue weighted by Crippen LogP contribution is 2.59. The van der Waals surface area contributed by atoms with Crippen molar-refractivity contribution in [3.05, 3.63) is 74.5 Å². The van der Waals surface area contributed by atoms with E-state index in [-0.39, 0.29) is 60.3 Å². The number of benzene rings is 3. The molecule has 0 radical (unpaired) electrons. The molecule has 3 atom stereocenters. The minimum Gasteiger partial charge on any atom is -0.507 e. The second-order valence-electron chi connectivity index (χ2n) is 12.8. The molecule has 13 heteroatoms. The third-order valence-electron chi connectivity index (χ3n) is 10.5. The number of hydrogen-bond acceptors (Lipinski definition) is 12. The lowest BCUT2D eigenvalue weighted by molar-refractivity contribution is -0.132. The van der Waals surface area contributed by atoms with Gasteiger partial charge in [-0.15, -0.1) is 0 Å². The van der Waals surface area contributed by atoms with Crippen LogP contribution in [0.4, 0.5) is 0 Å². The van der Waals surface area contributed by atoms with Crippen molar-refractivity contribution in [1.29, 1.82) is 5.26 Å². The lowest BCUT2D eigenvalue weighted by atomic mass is 9.77. The van der Waals surface area contributed by atoms with Crippen molar-refractivity contribution in [3.8, 4) is 40.6 Å². The van der Waals surface area contributed by atoms with E-state index in [4.69, 9.17) is 18.9 Å². The van der Waals surface area contributed by atoms with Gasteiger partial charge >= 0.3 is 5.97 Å². The van der Waals surface area contributed by atoms with Crippen molar-refractivity contribution < 1.29 is 43.5 Å². The van der Waals surface area contributed by atoms with Crippen LogP contribution in [0.5, 0.6) is 34.5 Å². The summed E-state index contributed by atoms with van der Waals surface area (Å²) in [6.45, 7) is 4.42. The van der Waals surface area contributed by atoms with Crippen LogP contribution in [0, 0.1) is 25.2 Å². The first kappa shape index (κ1) is 30.4. The fourth-order valence-electron chi connectivity index (χ4n) is 8.35. The van der Waals surface area contributed by atoms with Gasteiger partial charge < -0.3 is 39.0 Å². The maximum atomic E-state index is 13.8. The highest BCUT2D eigenvalue weighted by Gasteiger charge is 2.53. The molecule has 0 spiro atoms. The molecular weight excluding hydrogens is 632 g/mol. The van der Waals surface area contributed by atoms with E-state index in [1.165, 1.54) is 18.9 Å². The maximum absolute atomic E-state index is 13.8. The molecule has 3 aromatic carbocycles. The van der Waals surface area contributed by atoms with Gasteiger partial charge in [-0.05, 0) is 26.0 Å². The van der Waals surface area contributed by atoms with Gasteiger partial charge in [0, 0.05) is 60.3 Å². The Morgan fingerprint density at radius 1 is 1.02 bits per heavy atom. The van der Waals surface area contributed by atoms with E-state index >= 15 is 0 Å². The van der Waals surface area contributed by atoms with Crippen LogP contribution in [0.1, 0.15) is 67.1 Å². The number of carbonyl (C=O) groups excluding carboxylic acids is 3. The predicted octanol–water partition coefficient (Wildman–Crippen LogP) is 3.70. The van der Waals surface area contributed by atoms with Crippen LogP contribution < -0.4 is 18.9 Å². The third kappa shape index (κ3) is 3.94. The minimum atomic E-state index is -0.869. The summed E-state index contributed by atoms with van der Waals surface area (Å²) in [7, 11) is 3.23. The summed E-state index contributed by atoms with van der Waals surface area (Å²) in [4.78, 5) is 45.1. The van der Waals surface area contributed by atoms with Crippen LogP contribution in [0.2, 0.25) is 0 Å². The predicted molar refractivity (Wildman–Crippen MR) is 171 cm³/mol. The monoisotopic (exact) mass is 664 g/mol. The van der Waals surface area contributed by atoms with E-state index in [9.17, 15) is 29.9 Å². The summed E-state index contributed by atoms with van der Waals surface area (Å²) in [6, 6.07) is 6.84. The summed E-state index contributed by atoms with van der Waals surface area (Å²) >= 11 is 0. The fourth-order valence-corrected chi connectivity index (χ4v) is 8.35. The number of rotatable bonds is 4. The number of methoxy groups -OCH3 is 1. The van der Waals surface area contributed by atoms with Crippen LogP contribution in [0.3, 0.4) is 0 Å². The SMILES string of the molecule is COc1c(C)c(O)c2c(c1O)C1=C3Cc4c(OC(C)=O)c(C)c5c(c4[C@H](CN4C(=O)c6ccccc6C4=O)N3C(C#N)[C@H](C2)N1C)OCO5. The highest BCUT2D eigenvalue weighted by atomic mass is 16.7. The number of phenols is 2. The largest absolute Gasteiger partial charge is 0.507 e. The summed E-state index contributed by atoms with van der Waals surface area (Å²) in [6.07, 6.45) is 0.312. The van der Waals surface area contributed by atoms with E-state index in [0.29, 0.717) is 56.3 Å². The Hall–Kier alpha value is -5.90. The molecule has 5 heterocycles. The summed E-state index contributed by atoms with van der Waals surface area (Å²) in [5.74, 6) is -0.605. The third-order valence-corrected chi connectivity index (χ3v) is 10.5. The van der Waals surface area contributed by atoms with Gasteiger partial charge in [0.1, 0.15) is 17.5 Å². The average molecular weight is 665 g/mol. The van der Waals surface area contributed by atoms with Crippen molar-refractivity contribution in [2.45, 2.75) is 51.7 Å². The number of allylic oxidation sites excluding steroid dienone is 1. The number of hydrogen-bond donors (Lipinski definition) is 2. The number of esters is 1. The highest BCUT2D eigenvalue weighted by molar-refractivity contribution is 6.21. The normalized spacial score (nSPS) is 21.2. The number of phenolic OH excluding ortho intramolecular Hbond substituents is 2. The van der Waals surface area contributed by atoms with E-state index in [1.54, 1.807) is 38.1 Å². The van der Waals surface area contributed by atoms with Crippen molar-refractivity contribution in [1.82, 2.24) is 14.7 Å². The summed E-state index contributed by atoms with van der Waals surface area (Å²) in [5.41, 5.74) is 4.47. The Balaban J connectivity index is 1.44. The maximum Gasteiger partial charge on any atom is 0.308 e. The van der Waals surface area contributed by atoms with E-state index in [1.807, 2.05) is 16.8 Å². The first-order chi connectivity index (χ1) is 23.5. The smallest absolute Gasteiger partial charge is 0.308 e. The molecule has 0 saturated carbocycles.